The van der Waals surface area contributed by atoms with Crippen LogP contribution >= 0.6 is 0 Å². The smallest absolute Gasteiger partial charge is 0.305 e. The third-order valence-electron chi connectivity index (χ3n) is 4.13. The van der Waals surface area contributed by atoms with Crippen LogP contribution in [-0.2, 0) is 16.0 Å². The number of fused-ring (bicyclic) bond motifs is 3. The first kappa shape index (κ1) is 13.2. The molecule has 2 aliphatic rings. The number of hydrogen-bond donors (Lipinski definition) is 0. The van der Waals surface area contributed by atoms with Crippen molar-refractivity contribution in [3.63, 3.8) is 0 Å². The quantitative estimate of drug-likeness (QED) is 0.623. The van der Waals surface area contributed by atoms with Crippen LogP contribution in [-0.4, -0.2) is 19.2 Å². The average Bonchev–Trinajstić information content (AvgIpc) is 3.00. The summed E-state index contributed by atoms with van der Waals surface area (Å²) in [6.45, 7) is 2.12. The van der Waals surface area contributed by atoms with Crippen LogP contribution in [0.4, 0.5) is 0 Å². The van der Waals surface area contributed by atoms with Crippen LogP contribution in [0.2, 0.25) is 0 Å². The minimum absolute atomic E-state index is 0.144. The van der Waals surface area contributed by atoms with Gasteiger partial charge >= 0.3 is 5.97 Å². The molecule has 1 heterocycles. The van der Waals surface area contributed by atoms with Gasteiger partial charge in [0.25, 0.3) is 0 Å². The Bertz CT molecular complexity index is 560. The van der Waals surface area contributed by atoms with Crippen molar-refractivity contribution in [1.82, 2.24) is 0 Å². The minimum Gasteiger partial charge on any atom is -0.489 e. The van der Waals surface area contributed by atoms with Gasteiger partial charge in [-0.05, 0) is 25.3 Å². The molecule has 0 aromatic heterocycles. The van der Waals surface area contributed by atoms with E-state index >= 15 is 0 Å². The Labute approximate surface area is 119 Å². The van der Waals surface area contributed by atoms with E-state index in [1.165, 1.54) is 23.8 Å². The molecule has 0 spiro atoms. The topological polar surface area (TPSA) is 35.5 Å². The fourth-order valence-corrected chi connectivity index (χ4v) is 3.19. The van der Waals surface area contributed by atoms with Gasteiger partial charge in [0.2, 0.25) is 0 Å². The molecule has 0 radical (unpaired) electrons. The van der Waals surface area contributed by atoms with Gasteiger partial charge in [-0.1, -0.05) is 29.8 Å². The predicted octanol–water partition coefficient (Wildman–Crippen LogP) is 3.30. The van der Waals surface area contributed by atoms with Gasteiger partial charge in [0.05, 0.1) is 7.11 Å². The third kappa shape index (κ3) is 2.33. The highest BCUT2D eigenvalue weighted by Crippen LogP contribution is 2.46. The third-order valence-corrected chi connectivity index (χ3v) is 4.13. The molecular weight excluding hydrogens is 252 g/mol. The summed E-state index contributed by atoms with van der Waals surface area (Å²) in [7, 11) is 1.43. The molecule has 0 amide bonds. The second kappa shape index (κ2) is 5.31. The molecule has 3 nitrogen and oxygen atoms in total. The van der Waals surface area contributed by atoms with Crippen LogP contribution in [0.25, 0.3) is 0 Å². The number of carbonyl (C=O) groups is 1. The van der Waals surface area contributed by atoms with Gasteiger partial charge in [0.15, 0.2) is 0 Å². The first-order valence-electron chi connectivity index (χ1n) is 7.22. The number of hydrogen-bond acceptors (Lipinski definition) is 3. The Kier molecular flexibility index (Phi) is 3.51. The van der Waals surface area contributed by atoms with Crippen molar-refractivity contribution < 1.29 is 14.3 Å². The minimum atomic E-state index is -0.144. The van der Waals surface area contributed by atoms with E-state index in [2.05, 4.69) is 35.9 Å². The molecular formula is C17H20O3. The summed E-state index contributed by atoms with van der Waals surface area (Å²) in [4.78, 5) is 11.2. The molecule has 0 N–H and O–H groups in total. The fraction of sp³-hybridized carbons (Fsp3) is 0.471. The number of carbonyl (C=O) groups excluding carboxylic acids is 1. The maximum absolute atomic E-state index is 11.2. The first-order valence-corrected chi connectivity index (χ1v) is 7.22. The number of ether oxygens (including phenoxy) is 2. The van der Waals surface area contributed by atoms with Crippen LogP contribution in [0, 0.1) is 6.92 Å². The fourth-order valence-electron chi connectivity index (χ4n) is 3.19. The van der Waals surface area contributed by atoms with Crippen LogP contribution in [0.5, 0.6) is 5.75 Å². The molecule has 0 saturated carbocycles. The number of aryl methyl sites for hydroxylation is 2. The van der Waals surface area contributed by atoms with E-state index in [-0.39, 0.29) is 12.1 Å². The molecule has 0 fully saturated rings. The summed E-state index contributed by atoms with van der Waals surface area (Å²) in [6, 6.07) is 4.42. The summed E-state index contributed by atoms with van der Waals surface area (Å²) in [5.74, 6) is 1.33. The molecule has 3 rings (SSSR count). The average molecular weight is 272 g/mol. The van der Waals surface area contributed by atoms with E-state index in [9.17, 15) is 4.79 Å². The van der Waals surface area contributed by atoms with Gasteiger partial charge in [-0.25, -0.2) is 0 Å². The summed E-state index contributed by atoms with van der Waals surface area (Å²) in [5, 5.41) is 0. The second-order valence-corrected chi connectivity index (χ2v) is 5.62. The van der Waals surface area contributed by atoms with Gasteiger partial charge in [0.1, 0.15) is 11.9 Å². The van der Waals surface area contributed by atoms with Crippen molar-refractivity contribution in [2.24, 2.45) is 0 Å². The number of rotatable bonds is 4. The lowest BCUT2D eigenvalue weighted by Gasteiger charge is -2.11. The van der Waals surface area contributed by atoms with Gasteiger partial charge in [-0.15, -0.1) is 0 Å². The highest BCUT2D eigenvalue weighted by molar-refractivity contribution is 5.69. The van der Waals surface area contributed by atoms with Gasteiger partial charge in [-0.3, -0.25) is 4.79 Å². The monoisotopic (exact) mass is 272 g/mol. The van der Waals surface area contributed by atoms with Crippen molar-refractivity contribution >= 4 is 5.97 Å². The van der Waals surface area contributed by atoms with E-state index in [0.29, 0.717) is 12.3 Å². The van der Waals surface area contributed by atoms with Crippen molar-refractivity contribution in [3.8, 4) is 5.75 Å². The number of methoxy groups -OCH3 is 1. The zero-order chi connectivity index (χ0) is 14.1. The van der Waals surface area contributed by atoms with Crippen LogP contribution in [0.15, 0.2) is 24.3 Å². The standard InChI is InChI=1S/C17H20O3/c1-11-9-12(5-3-8-16(18)19-2)17-14(10-11)13-6-4-7-15(13)20-17/h4,6,9-10,13,15H,3,5,7-8H2,1-2H3/t13-,15-/m1/s1. The lowest BCUT2D eigenvalue weighted by molar-refractivity contribution is -0.140. The Balaban J connectivity index is 1.79. The van der Waals surface area contributed by atoms with E-state index < -0.39 is 0 Å². The molecule has 20 heavy (non-hydrogen) atoms. The maximum atomic E-state index is 11.2. The Hall–Kier alpha value is -1.77. The van der Waals surface area contributed by atoms with Crippen molar-refractivity contribution in [2.75, 3.05) is 7.11 Å². The molecule has 0 saturated heterocycles. The predicted molar refractivity (Wildman–Crippen MR) is 77.0 cm³/mol. The van der Waals surface area contributed by atoms with E-state index in [0.717, 1.165) is 25.0 Å². The van der Waals surface area contributed by atoms with E-state index in [4.69, 9.17) is 4.74 Å². The summed E-state index contributed by atoms with van der Waals surface area (Å²) in [6.07, 6.45) is 7.88. The Morgan fingerprint density at radius 1 is 1.45 bits per heavy atom. The van der Waals surface area contributed by atoms with Crippen LogP contribution in [0.3, 0.4) is 0 Å². The van der Waals surface area contributed by atoms with Gasteiger partial charge in [-0.2, -0.15) is 0 Å². The van der Waals surface area contributed by atoms with E-state index in [1.54, 1.807) is 0 Å². The molecule has 3 heteroatoms. The normalized spacial score (nSPS) is 22.3. The van der Waals surface area contributed by atoms with Crippen molar-refractivity contribution in [1.29, 1.82) is 0 Å². The molecule has 0 unspecified atom stereocenters. The zero-order valence-corrected chi connectivity index (χ0v) is 12.0. The largest absolute Gasteiger partial charge is 0.489 e. The van der Waals surface area contributed by atoms with Crippen molar-refractivity contribution in [3.05, 3.63) is 41.0 Å². The molecule has 106 valence electrons. The Morgan fingerprint density at radius 3 is 3.10 bits per heavy atom. The van der Waals surface area contributed by atoms with Gasteiger partial charge < -0.3 is 9.47 Å². The van der Waals surface area contributed by atoms with E-state index in [1.807, 2.05) is 0 Å². The maximum Gasteiger partial charge on any atom is 0.305 e. The first-order chi connectivity index (χ1) is 9.69. The number of esters is 1. The summed E-state index contributed by atoms with van der Waals surface area (Å²) < 4.78 is 10.8. The highest BCUT2D eigenvalue weighted by Gasteiger charge is 2.36. The zero-order valence-electron chi connectivity index (χ0n) is 12.0. The second-order valence-electron chi connectivity index (χ2n) is 5.62. The molecule has 1 aliphatic carbocycles. The van der Waals surface area contributed by atoms with Crippen LogP contribution in [0.1, 0.15) is 41.9 Å². The van der Waals surface area contributed by atoms with Gasteiger partial charge in [0, 0.05) is 24.3 Å². The molecule has 1 aliphatic heterocycles. The summed E-state index contributed by atoms with van der Waals surface area (Å²) in [5.41, 5.74) is 3.81. The number of benzene rings is 1. The molecule has 1 aromatic rings. The SMILES string of the molecule is COC(=O)CCCc1cc(C)cc2c1O[C@@H]1CC=C[C@H]21. The molecule has 0 bridgehead atoms. The Morgan fingerprint density at radius 2 is 2.30 bits per heavy atom. The van der Waals surface area contributed by atoms with Crippen molar-refractivity contribution in [2.45, 2.75) is 44.6 Å². The molecule has 1 aromatic carbocycles. The van der Waals surface area contributed by atoms with Crippen LogP contribution < -0.4 is 4.74 Å². The lowest BCUT2D eigenvalue weighted by Crippen LogP contribution is -2.12. The summed E-state index contributed by atoms with van der Waals surface area (Å²) >= 11 is 0. The highest BCUT2D eigenvalue weighted by atomic mass is 16.5. The lowest BCUT2D eigenvalue weighted by atomic mass is 9.93. The molecule has 2 atom stereocenters.